The first kappa shape index (κ1) is 18.6. The number of amides is 1. The maximum Gasteiger partial charge on any atom is 0.407 e. The summed E-state index contributed by atoms with van der Waals surface area (Å²) in [5.41, 5.74) is 2.31. The van der Waals surface area contributed by atoms with Crippen molar-refractivity contribution >= 4 is 22.9 Å². The Labute approximate surface area is 158 Å². The number of nitrogens with zero attached hydrogens (tertiary/aromatic N) is 3. The zero-order chi connectivity index (χ0) is 19.3. The van der Waals surface area contributed by atoms with Gasteiger partial charge in [-0.3, -0.25) is 4.98 Å². The summed E-state index contributed by atoms with van der Waals surface area (Å²) in [5.74, 6) is 0.473. The smallest absolute Gasteiger partial charge is 0.407 e. The number of carbonyl (C=O) groups excluding carboxylic acids is 1. The summed E-state index contributed by atoms with van der Waals surface area (Å²) >= 11 is 0. The zero-order valence-electron chi connectivity index (χ0n) is 15.7. The molecule has 3 rings (SSSR count). The van der Waals surface area contributed by atoms with E-state index in [0.717, 1.165) is 22.2 Å². The minimum absolute atomic E-state index is 0.215. The molecule has 0 atom stereocenters. The highest BCUT2D eigenvalue weighted by molar-refractivity contribution is 5.82. The third-order valence-electron chi connectivity index (χ3n) is 3.64. The fourth-order valence-corrected chi connectivity index (χ4v) is 2.46. The van der Waals surface area contributed by atoms with Gasteiger partial charge >= 0.3 is 6.09 Å². The Morgan fingerprint density at radius 2 is 1.96 bits per heavy atom. The molecule has 2 N–H and O–H groups in total. The predicted molar refractivity (Wildman–Crippen MR) is 105 cm³/mol. The second kappa shape index (κ2) is 7.99. The quantitative estimate of drug-likeness (QED) is 0.671. The second-order valence-electron chi connectivity index (χ2n) is 7.12. The van der Waals surface area contributed by atoms with Crippen LogP contribution in [-0.4, -0.2) is 39.7 Å². The number of alkyl carbamates (subject to hydrolysis) is 1. The van der Waals surface area contributed by atoms with Crippen LogP contribution in [0.3, 0.4) is 0 Å². The van der Waals surface area contributed by atoms with Crippen molar-refractivity contribution in [1.29, 1.82) is 0 Å². The number of para-hydroxylation sites is 1. The monoisotopic (exact) mass is 365 g/mol. The van der Waals surface area contributed by atoms with Gasteiger partial charge in [0.2, 0.25) is 5.95 Å². The SMILES string of the molecule is CC(C)(C)NC(=O)OCCNc1nccc(-c2cnc3ccccc3c2)n1. The van der Waals surface area contributed by atoms with Crippen LogP contribution >= 0.6 is 0 Å². The fourth-order valence-electron chi connectivity index (χ4n) is 2.46. The molecule has 3 aromatic rings. The van der Waals surface area contributed by atoms with E-state index < -0.39 is 6.09 Å². The van der Waals surface area contributed by atoms with Crippen molar-refractivity contribution in [2.24, 2.45) is 0 Å². The third kappa shape index (κ3) is 5.37. The number of pyridine rings is 1. The topological polar surface area (TPSA) is 89.0 Å². The molecule has 1 amide bonds. The van der Waals surface area contributed by atoms with Crippen LogP contribution < -0.4 is 10.6 Å². The van der Waals surface area contributed by atoms with Crippen LogP contribution in [0.4, 0.5) is 10.7 Å². The minimum Gasteiger partial charge on any atom is -0.448 e. The molecule has 7 heteroatoms. The van der Waals surface area contributed by atoms with Crippen LogP contribution in [0.15, 0.2) is 48.8 Å². The van der Waals surface area contributed by atoms with Crippen molar-refractivity contribution in [3.63, 3.8) is 0 Å². The molecule has 0 aliphatic rings. The van der Waals surface area contributed by atoms with E-state index in [1.165, 1.54) is 0 Å². The lowest BCUT2D eigenvalue weighted by Gasteiger charge is -2.19. The Kier molecular flexibility index (Phi) is 5.49. The molecule has 0 saturated carbocycles. The molecule has 7 nitrogen and oxygen atoms in total. The predicted octanol–water partition coefficient (Wildman–Crippen LogP) is 3.63. The first-order valence-electron chi connectivity index (χ1n) is 8.78. The van der Waals surface area contributed by atoms with Gasteiger partial charge in [0.1, 0.15) is 6.61 Å². The van der Waals surface area contributed by atoms with Crippen molar-refractivity contribution < 1.29 is 9.53 Å². The van der Waals surface area contributed by atoms with Gasteiger partial charge in [0.15, 0.2) is 0 Å². The lowest BCUT2D eigenvalue weighted by molar-refractivity contribution is 0.141. The normalized spacial score (nSPS) is 11.2. The Hall–Kier alpha value is -3.22. The van der Waals surface area contributed by atoms with Crippen LogP contribution in [0.1, 0.15) is 20.8 Å². The molecule has 0 aliphatic carbocycles. The third-order valence-corrected chi connectivity index (χ3v) is 3.64. The van der Waals surface area contributed by atoms with Gasteiger partial charge in [-0.2, -0.15) is 0 Å². The van der Waals surface area contributed by atoms with Crippen LogP contribution in [0.2, 0.25) is 0 Å². The molecule has 0 bridgehead atoms. The van der Waals surface area contributed by atoms with Gasteiger partial charge in [-0.1, -0.05) is 18.2 Å². The van der Waals surface area contributed by atoms with E-state index in [9.17, 15) is 4.79 Å². The first-order valence-corrected chi connectivity index (χ1v) is 8.78. The van der Waals surface area contributed by atoms with Gasteiger partial charge in [0, 0.05) is 28.9 Å². The molecule has 0 aliphatic heterocycles. The molecule has 2 aromatic heterocycles. The zero-order valence-corrected chi connectivity index (χ0v) is 15.7. The van der Waals surface area contributed by atoms with E-state index in [4.69, 9.17) is 4.74 Å². The highest BCUT2D eigenvalue weighted by Gasteiger charge is 2.14. The maximum absolute atomic E-state index is 11.6. The summed E-state index contributed by atoms with van der Waals surface area (Å²) < 4.78 is 5.12. The lowest BCUT2D eigenvalue weighted by atomic mass is 10.1. The number of rotatable bonds is 5. The molecule has 0 fully saturated rings. The average Bonchev–Trinajstić information content (AvgIpc) is 2.64. The average molecular weight is 365 g/mol. The van der Waals surface area contributed by atoms with Gasteiger partial charge < -0.3 is 15.4 Å². The van der Waals surface area contributed by atoms with Crippen LogP contribution in [0, 0.1) is 0 Å². The van der Waals surface area contributed by atoms with Crippen molar-refractivity contribution in [2.75, 3.05) is 18.5 Å². The summed E-state index contributed by atoms with van der Waals surface area (Å²) in [4.78, 5) is 24.8. The Bertz CT molecular complexity index is 937. The van der Waals surface area contributed by atoms with Crippen LogP contribution in [0.25, 0.3) is 22.2 Å². The van der Waals surface area contributed by atoms with Crippen LogP contribution in [0.5, 0.6) is 0 Å². The maximum atomic E-state index is 11.6. The van der Waals surface area contributed by atoms with Gasteiger partial charge in [-0.05, 0) is 39.0 Å². The molecule has 0 spiro atoms. The van der Waals surface area contributed by atoms with E-state index >= 15 is 0 Å². The molecule has 1 aromatic carbocycles. The summed E-state index contributed by atoms with van der Waals surface area (Å²) in [6.45, 7) is 6.32. The van der Waals surface area contributed by atoms with Gasteiger partial charge in [0.25, 0.3) is 0 Å². The van der Waals surface area contributed by atoms with Gasteiger partial charge in [-0.25, -0.2) is 14.8 Å². The number of carbonyl (C=O) groups is 1. The molecule has 27 heavy (non-hydrogen) atoms. The van der Waals surface area contributed by atoms with E-state index in [0.29, 0.717) is 12.5 Å². The number of fused-ring (bicyclic) bond motifs is 1. The van der Waals surface area contributed by atoms with Crippen LogP contribution in [-0.2, 0) is 4.74 Å². The Balaban J connectivity index is 1.59. The van der Waals surface area contributed by atoms with Gasteiger partial charge in [0.05, 0.1) is 17.8 Å². The molecule has 0 radical (unpaired) electrons. The van der Waals surface area contributed by atoms with E-state index in [1.54, 1.807) is 12.4 Å². The standard InChI is InChI=1S/C20H23N5O2/c1-20(2,3)25-19(26)27-11-10-22-18-21-9-8-17(24-18)15-12-14-6-4-5-7-16(14)23-13-15/h4-9,12-13H,10-11H2,1-3H3,(H,25,26)(H,21,22,24). The Morgan fingerprint density at radius 3 is 2.78 bits per heavy atom. The van der Waals surface area contributed by atoms with Crippen molar-refractivity contribution in [3.05, 3.63) is 48.8 Å². The molecule has 0 unspecified atom stereocenters. The summed E-state index contributed by atoms with van der Waals surface area (Å²) in [6, 6.07) is 11.8. The van der Waals surface area contributed by atoms with E-state index in [1.807, 2.05) is 57.2 Å². The molecule has 2 heterocycles. The van der Waals surface area contributed by atoms with Crippen molar-refractivity contribution in [1.82, 2.24) is 20.3 Å². The molecule has 0 saturated heterocycles. The number of hydrogen-bond donors (Lipinski definition) is 2. The molecule has 140 valence electrons. The number of anilines is 1. The van der Waals surface area contributed by atoms with Crippen molar-refractivity contribution in [3.8, 4) is 11.3 Å². The van der Waals surface area contributed by atoms with Gasteiger partial charge in [-0.15, -0.1) is 0 Å². The summed E-state index contributed by atoms with van der Waals surface area (Å²) in [6.07, 6.45) is 3.04. The number of benzene rings is 1. The first-order chi connectivity index (χ1) is 12.9. The van der Waals surface area contributed by atoms with E-state index in [2.05, 4.69) is 25.6 Å². The second-order valence-corrected chi connectivity index (χ2v) is 7.12. The number of ether oxygens (including phenoxy) is 1. The fraction of sp³-hybridized carbons (Fsp3) is 0.300. The highest BCUT2D eigenvalue weighted by Crippen LogP contribution is 2.21. The number of nitrogens with one attached hydrogen (secondary N) is 2. The van der Waals surface area contributed by atoms with E-state index in [-0.39, 0.29) is 12.1 Å². The summed E-state index contributed by atoms with van der Waals surface area (Å²) in [7, 11) is 0. The minimum atomic E-state index is -0.443. The van der Waals surface area contributed by atoms with Crippen molar-refractivity contribution in [2.45, 2.75) is 26.3 Å². The molecular formula is C20H23N5O2. The number of hydrogen-bond acceptors (Lipinski definition) is 6. The Morgan fingerprint density at radius 1 is 1.15 bits per heavy atom. The lowest BCUT2D eigenvalue weighted by Crippen LogP contribution is -2.41. The number of aromatic nitrogens is 3. The largest absolute Gasteiger partial charge is 0.448 e. The highest BCUT2D eigenvalue weighted by atomic mass is 16.5. The molecular weight excluding hydrogens is 342 g/mol. The summed E-state index contributed by atoms with van der Waals surface area (Å²) in [5, 5.41) is 6.86.